The monoisotopic (exact) mass is 349 g/mol. The van der Waals surface area contributed by atoms with Crippen LogP contribution in [-0.4, -0.2) is 11.7 Å². The van der Waals surface area contributed by atoms with Crippen LogP contribution in [0.3, 0.4) is 0 Å². The topological polar surface area (TPSA) is 53.6 Å². The Morgan fingerprint density at radius 1 is 1.65 bits per heavy atom. The van der Waals surface area contributed by atoms with Crippen LogP contribution < -0.4 is 5.76 Å². The normalized spacial score (nSPS) is 13.8. The van der Waals surface area contributed by atoms with Crippen molar-refractivity contribution in [3.8, 4) is 12.5 Å². The summed E-state index contributed by atoms with van der Waals surface area (Å²) in [7, 11) is 1.42. The van der Waals surface area contributed by atoms with Gasteiger partial charge in [0.05, 0.1) is 11.4 Å². The molecular weight excluding hydrogens is 341 g/mol. The third kappa shape index (κ3) is 3.22. The molecule has 0 N–H and O–H groups in total. The van der Waals surface area contributed by atoms with Gasteiger partial charge in [-0.15, -0.1) is 0 Å². The highest BCUT2D eigenvalue weighted by atomic mass is 35.5. The maximum atomic E-state index is 11.8. The van der Waals surface area contributed by atoms with Crippen molar-refractivity contribution >= 4 is 51.6 Å². The number of aromatic nitrogens is 1. The fourth-order valence-corrected chi connectivity index (χ4v) is 4.42. The van der Waals surface area contributed by atoms with Crippen LogP contribution >= 0.6 is 28.7 Å². The van der Waals surface area contributed by atoms with Crippen LogP contribution in [0.5, 0.6) is 0 Å². The second-order valence-electron chi connectivity index (χ2n) is 3.51. The van der Waals surface area contributed by atoms with Crippen LogP contribution in [-0.2, 0) is 26.7 Å². The predicted octanol–water partition coefficient (Wildman–Crippen LogP) is 3.42. The summed E-state index contributed by atoms with van der Waals surface area (Å²) in [6.07, 6.45) is 7.09. The number of halogens is 1. The second kappa shape index (κ2) is 6.25. The van der Waals surface area contributed by atoms with E-state index in [-0.39, 0.29) is 5.88 Å². The highest BCUT2D eigenvalue weighted by molar-refractivity contribution is 8.67. The van der Waals surface area contributed by atoms with Gasteiger partial charge in [-0.1, -0.05) is 18.0 Å². The van der Waals surface area contributed by atoms with Gasteiger partial charge < -0.3 is 13.5 Å². The fourth-order valence-electron chi connectivity index (χ4n) is 1.47. The minimum absolute atomic E-state index is 0.209. The first-order valence-electron chi connectivity index (χ1n) is 5.22. The number of oxazole rings is 1. The van der Waals surface area contributed by atoms with Crippen LogP contribution in [0.15, 0.2) is 27.4 Å². The van der Waals surface area contributed by atoms with Crippen molar-refractivity contribution in [3.63, 3.8) is 0 Å². The standard InChI is InChI=1S/C11H9ClNO4PS2/c1-3-16-18(19,15-2)20-7-13-9-5-4-8(12)6-10(9)17-11(13)14/h1,4-6H,7H2,2H3. The van der Waals surface area contributed by atoms with Crippen LogP contribution in [0.2, 0.25) is 5.02 Å². The number of hydrogen-bond acceptors (Lipinski definition) is 6. The molecule has 0 aliphatic heterocycles. The molecule has 2 aromatic rings. The molecule has 2 rings (SSSR count). The Labute approximate surface area is 129 Å². The molecule has 0 bridgehead atoms. The van der Waals surface area contributed by atoms with Crippen molar-refractivity contribution in [2.45, 2.75) is 5.88 Å². The third-order valence-corrected chi connectivity index (χ3v) is 7.65. The van der Waals surface area contributed by atoms with Crippen molar-refractivity contribution in [1.82, 2.24) is 4.57 Å². The van der Waals surface area contributed by atoms with Crippen LogP contribution in [0.1, 0.15) is 0 Å². The van der Waals surface area contributed by atoms with Crippen molar-refractivity contribution in [3.05, 3.63) is 33.8 Å². The van der Waals surface area contributed by atoms with E-state index in [1.54, 1.807) is 18.2 Å². The molecule has 5 nitrogen and oxygen atoms in total. The molecular formula is C11H9ClNO4PS2. The van der Waals surface area contributed by atoms with E-state index in [1.165, 1.54) is 11.7 Å². The summed E-state index contributed by atoms with van der Waals surface area (Å²) in [5.41, 5.74) is -1.64. The number of benzene rings is 1. The first-order valence-corrected chi connectivity index (χ1v) is 9.83. The van der Waals surface area contributed by atoms with Crippen molar-refractivity contribution < 1.29 is 13.5 Å². The Balaban J connectivity index is 2.31. The summed E-state index contributed by atoms with van der Waals surface area (Å²) < 4.78 is 16.6. The molecule has 1 unspecified atom stereocenters. The number of terminal acetylenes is 1. The third-order valence-electron chi connectivity index (χ3n) is 2.36. The number of fused-ring (bicyclic) bond motifs is 1. The molecule has 0 radical (unpaired) electrons. The van der Waals surface area contributed by atoms with E-state index in [0.717, 1.165) is 11.4 Å². The summed E-state index contributed by atoms with van der Waals surface area (Å²) in [6, 6.07) is 4.94. The molecule has 0 aliphatic rings. The minimum Gasteiger partial charge on any atom is -0.408 e. The van der Waals surface area contributed by atoms with Gasteiger partial charge in [0.1, 0.15) is 6.11 Å². The van der Waals surface area contributed by atoms with E-state index in [9.17, 15) is 4.79 Å². The number of rotatable bonds is 5. The largest absolute Gasteiger partial charge is 0.420 e. The smallest absolute Gasteiger partial charge is 0.408 e. The van der Waals surface area contributed by atoms with E-state index < -0.39 is 11.4 Å². The zero-order valence-corrected chi connectivity index (χ0v) is 13.5. The van der Waals surface area contributed by atoms with E-state index in [0.29, 0.717) is 16.1 Å². The molecule has 1 aromatic carbocycles. The van der Waals surface area contributed by atoms with E-state index >= 15 is 0 Å². The van der Waals surface area contributed by atoms with Crippen molar-refractivity contribution in [2.75, 3.05) is 7.11 Å². The summed E-state index contributed by atoms with van der Waals surface area (Å²) in [6.45, 7) is 0. The highest BCUT2D eigenvalue weighted by Crippen LogP contribution is 2.60. The molecule has 1 atom stereocenters. The molecule has 0 aliphatic carbocycles. The highest BCUT2D eigenvalue weighted by Gasteiger charge is 2.20. The van der Waals surface area contributed by atoms with Gasteiger partial charge >= 0.3 is 11.4 Å². The van der Waals surface area contributed by atoms with Crippen LogP contribution in [0.4, 0.5) is 0 Å². The number of nitrogens with zero attached hydrogens (tertiary/aromatic N) is 1. The molecule has 0 saturated carbocycles. The molecule has 1 aromatic heterocycles. The Kier molecular flexibility index (Phi) is 4.84. The number of hydrogen-bond donors (Lipinski definition) is 0. The van der Waals surface area contributed by atoms with Crippen molar-refractivity contribution in [2.24, 2.45) is 0 Å². The Bertz CT molecular complexity index is 779. The SMILES string of the molecule is C#COP(=S)(OC)SCn1c(=O)oc2cc(Cl)ccc21. The molecule has 106 valence electrons. The van der Waals surface area contributed by atoms with E-state index in [2.05, 4.69) is 0 Å². The summed E-state index contributed by atoms with van der Waals surface area (Å²) >= 11 is 12.2. The lowest BCUT2D eigenvalue weighted by atomic mass is 10.3. The van der Waals surface area contributed by atoms with Gasteiger partial charge in [0.25, 0.3) is 0 Å². The van der Waals surface area contributed by atoms with Crippen LogP contribution in [0.25, 0.3) is 11.1 Å². The van der Waals surface area contributed by atoms with Gasteiger partial charge in [-0.05, 0) is 35.3 Å². The minimum atomic E-state index is -2.66. The Morgan fingerprint density at radius 2 is 2.40 bits per heavy atom. The van der Waals surface area contributed by atoms with E-state index in [4.69, 9.17) is 43.3 Å². The molecule has 1 heterocycles. The van der Waals surface area contributed by atoms with Gasteiger partial charge in [0.15, 0.2) is 5.58 Å². The van der Waals surface area contributed by atoms with Gasteiger partial charge in [-0.2, -0.15) is 0 Å². The molecule has 0 amide bonds. The van der Waals surface area contributed by atoms with Gasteiger partial charge in [0, 0.05) is 18.2 Å². The molecule has 0 spiro atoms. The van der Waals surface area contributed by atoms with Crippen molar-refractivity contribution in [1.29, 1.82) is 0 Å². The Morgan fingerprint density at radius 3 is 3.05 bits per heavy atom. The lowest BCUT2D eigenvalue weighted by Gasteiger charge is -2.15. The zero-order valence-electron chi connectivity index (χ0n) is 10.2. The average molecular weight is 350 g/mol. The average Bonchev–Trinajstić information content (AvgIpc) is 2.71. The molecule has 20 heavy (non-hydrogen) atoms. The van der Waals surface area contributed by atoms with Crippen LogP contribution in [0, 0.1) is 12.5 Å². The summed E-state index contributed by atoms with van der Waals surface area (Å²) in [5, 5.41) is 0.490. The second-order valence-corrected chi connectivity index (χ2v) is 10.3. The lowest BCUT2D eigenvalue weighted by Crippen LogP contribution is -2.12. The molecule has 0 fully saturated rings. The Hall–Kier alpha value is -0.900. The fraction of sp³-hybridized carbons (Fsp3) is 0.182. The predicted molar refractivity (Wildman–Crippen MR) is 84.3 cm³/mol. The van der Waals surface area contributed by atoms with Gasteiger partial charge in [0.2, 0.25) is 0 Å². The van der Waals surface area contributed by atoms with Gasteiger partial charge in [-0.3, -0.25) is 4.57 Å². The molecule has 0 saturated heterocycles. The maximum absolute atomic E-state index is 11.8. The summed E-state index contributed by atoms with van der Waals surface area (Å²) in [5.74, 6) is -0.298. The quantitative estimate of drug-likeness (QED) is 0.609. The first kappa shape index (κ1) is 15.5. The zero-order chi connectivity index (χ0) is 14.8. The first-order chi connectivity index (χ1) is 9.49. The van der Waals surface area contributed by atoms with E-state index in [1.807, 2.05) is 6.11 Å². The van der Waals surface area contributed by atoms with Gasteiger partial charge in [-0.25, -0.2) is 4.79 Å². The maximum Gasteiger partial charge on any atom is 0.420 e. The summed E-state index contributed by atoms with van der Waals surface area (Å²) in [4.78, 5) is 11.8. The molecule has 9 heteroatoms. The lowest BCUT2D eigenvalue weighted by molar-refractivity contribution is 0.396.